The predicted molar refractivity (Wildman–Crippen MR) is 94.4 cm³/mol. The molecule has 0 radical (unpaired) electrons. The molecule has 0 aliphatic heterocycles. The van der Waals surface area contributed by atoms with Gasteiger partial charge in [0, 0.05) is 22.3 Å². The number of aryl methyl sites for hydroxylation is 1. The molecule has 120 valence electrons. The number of benzene rings is 2. The van der Waals surface area contributed by atoms with E-state index in [9.17, 15) is 9.59 Å². The van der Waals surface area contributed by atoms with Gasteiger partial charge in [-0.05, 0) is 24.6 Å². The van der Waals surface area contributed by atoms with E-state index in [0.29, 0.717) is 10.6 Å². The third kappa shape index (κ3) is 5.41. The lowest BCUT2D eigenvalue weighted by molar-refractivity contribution is -0.133. The third-order valence-corrected chi connectivity index (χ3v) is 4.90. The maximum absolute atomic E-state index is 12.5. The van der Waals surface area contributed by atoms with Crippen LogP contribution in [-0.4, -0.2) is 22.6 Å². The van der Waals surface area contributed by atoms with Crippen LogP contribution in [0.2, 0.25) is 5.02 Å². The van der Waals surface area contributed by atoms with Crippen LogP contribution in [0.3, 0.4) is 0 Å². The monoisotopic (exact) mass is 348 g/mol. The predicted octanol–water partition coefficient (Wildman–Crippen LogP) is 4.78. The number of Topliss-reactive ketones (excluding diaryl/α,β-unsaturated/α-hetero) is 1. The van der Waals surface area contributed by atoms with Crippen molar-refractivity contribution in [3.05, 3.63) is 70.2 Å². The minimum Gasteiger partial charge on any atom is -0.481 e. The molecule has 0 unspecified atom stereocenters. The number of halogens is 1. The van der Waals surface area contributed by atoms with Gasteiger partial charge in [-0.15, -0.1) is 11.8 Å². The summed E-state index contributed by atoms with van der Waals surface area (Å²) >= 11 is 7.14. The Hall–Kier alpha value is -1.78. The maximum atomic E-state index is 12.5. The number of carboxylic acid groups (broad SMARTS) is 1. The molecule has 0 saturated carbocycles. The summed E-state index contributed by atoms with van der Waals surface area (Å²) in [5.41, 5.74) is 2.64. The van der Waals surface area contributed by atoms with Crippen molar-refractivity contribution in [1.82, 2.24) is 0 Å². The zero-order chi connectivity index (χ0) is 16.8. The molecule has 0 aliphatic carbocycles. The first kappa shape index (κ1) is 17.6. The van der Waals surface area contributed by atoms with Gasteiger partial charge in [0.15, 0.2) is 5.78 Å². The standard InChI is InChI=1S/C18H17ClO3S/c1-12-2-4-13(5-3-12)16(20)10-17(23-11-18(21)22)14-6-8-15(19)9-7-14/h2-9,17H,10-11H2,1H3,(H,21,22)/t17-/m1/s1. The zero-order valence-corrected chi connectivity index (χ0v) is 14.2. The van der Waals surface area contributed by atoms with Gasteiger partial charge in [0.2, 0.25) is 0 Å². The van der Waals surface area contributed by atoms with Crippen molar-refractivity contribution >= 4 is 35.1 Å². The number of hydrogen-bond acceptors (Lipinski definition) is 3. The molecule has 1 atom stereocenters. The second kappa shape index (κ2) is 8.18. The molecule has 5 heteroatoms. The molecule has 0 bridgehead atoms. The largest absolute Gasteiger partial charge is 0.481 e. The van der Waals surface area contributed by atoms with E-state index in [0.717, 1.165) is 11.1 Å². The van der Waals surface area contributed by atoms with E-state index in [2.05, 4.69) is 0 Å². The van der Waals surface area contributed by atoms with Crippen LogP contribution >= 0.6 is 23.4 Å². The fourth-order valence-electron chi connectivity index (χ4n) is 2.15. The summed E-state index contributed by atoms with van der Waals surface area (Å²) in [6, 6.07) is 14.6. The number of thioether (sulfide) groups is 1. The number of carbonyl (C=O) groups excluding carboxylic acids is 1. The summed E-state index contributed by atoms with van der Waals surface area (Å²) in [6.45, 7) is 1.97. The number of carbonyl (C=O) groups is 2. The first-order chi connectivity index (χ1) is 11.0. The normalized spacial score (nSPS) is 11.9. The lowest BCUT2D eigenvalue weighted by Crippen LogP contribution is -2.08. The molecule has 3 nitrogen and oxygen atoms in total. The van der Waals surface area contributed by atoms with Crippen LogP contribution in [-0.2, 0) is 4.79 Å². The Morgan fingerprint density at radius 1 is 1.09 bits per heavy atom. The van der Waals surface area contributed by atoms with Gasteiger partial charge in [-0.2, -0.15) is 0 Å². The molecule has 0 spiro atoms. The quantitative estimate of drug-likeness (QED) is 0.731. The van der Waals surface area contributed by atoms with Gasteiger partial charge in [0.1, 0.15) is 0 Å². The van der Waals surface area contributed by atoms with Crippen LogP contribution in [0.25, 0.3) is 0 Å². The molecule has 2 rings (SSSR count). The van der Waals surface area contributed by atoms with Gasteiger partial charge >= 0.3 is 5.97 Å². The Kier molecular flexibility index (Phi) is 6.25. The average molecular weight is 349 g/mol. The molecule has 2 aromatic carbocycles. The average Bonchev–Trinajstić information content (AvgIpc) is 2.52. The fourth-order valence-corrected chi connectivity index (χ4v) is 3.24. The van der Waals surface area contributed by atoms with Gasteiger partial charge in [-0.25, -0.2) is 0 Å². The SMILES string of the molecule is Cc1ccc(C(=O)C[C@@H](SCC(=O)O)c2ccc(Cl)cc2)cc1. The van der Waals surface area contributed by atoms with Crippen LogP contribution in [0.15, 0.2) is 48.5 Å². The Labute approximate surface area is 144 Å². The first-order valence-corrected chi connectivity index (χ1v) is 8.57. The molecular weight excluding hydrogens is 332 g/mol. The zero-order valence-electron chi connectivity index (χ0n) is 12.7. The highest BCUT2D eigenvalue weighted by atomic mass is 35.5. The van der Waals surface area contributed by atoms with E-state index in [1.165, 1.54) is 11.8 Å². The second-order valence-corrected chi connectivity index (χ2v) is 6.87. The Bertz CT molecular complexity index is 680. The number of aliphatic carboxylic acids is 1. The van der Waals surface area contributed by atoms with Crippen molar-refractivity contribution in [3.63, 3.8) is 0 Å². The summed E-state index contributed by atoms with van der Waals surface area (Å²) in [6.07, 6.45) is 0.253. The maximum Gasteiger partial charge on any atom is 0.313 e. The van der Waals surface area contributed by atoms with Crippen LogP contribution in [0.1, 0.15) is 33.2 Å². The summed E-state index contributed by atoms with van der Waals surface area (Å²) in [7, 11) is 0. The highest BCUT2D eigenvalue weighted by molar-refractivity contribution is 8.00. The van der Waals surface area contributed by atoms with E-state index in [4.69, 9.17) is 16.7 Å². The first-order valence-electron chi connectivity index (χ1n) is 7.14. The number of carboxylic acids is 1. The molecule has 23 heavy (non-hydrogen) atoms. The topological polar surface area (TPSA) is 54.4 Å². The van der Waals surface area contributed by atoms with Crippen molar-refractivity contribution < 1.29 is 14.7 Å². The smallest absolute Gasteiger partial charge is 0.313 e. The van der Waals surface area contributed by atoms with Gasteiger partial charge in [-0.3, -0.25) is 9.59 Å². The van der Waals surface area contributed by atoms with Crippen molar-refractivity contribution in [3.8, 4) is 0 Å². The number of ketones is 1. The summed E-state index contributed by atoms with van der Waals surface area (Å²) in [4.78, 5) is 23.3. The Morgan fingerprint density at radius 2 is 1.70 bits per heavy atom. The van der Waals surface area contributed by atoms with Crippen LogP contribution in [0.5, 0.6) is 0 Å². The minimum atomic E-state index is -0.892. The summed E-state index contributed by atoms with van der Waals surface area (Å²) in [5, 5.41) is 9.31. The molecule has 0 aromatic heterocycles. The number of rotatable bonds is 7. The minimum absolute atomic E-state index is 0.00263. The van der Waals surface area contributed by atoms with E-state index < -0.39 is 5.97 Å². The van der Waals surface area contributed by atoms with E-state index >= 15 is 0 Å². The van der Waals surface area contributed by atoms with Gasteiger partial charge in [0.25, 0.3) is 0 Å². The highest BCUT2D eigenvalue weighted by Crippen LogP contribution is 2.33. The van der Waals surface area contributed by atoms with Crippen LogP contribution < -0.4 is 0 Å². The third-order valence-electron chi connectivity index (χ3n) is 3.39. The molecule has 1 N–H and O–H groups in total. The van der Waals surface area contributed by atoms with Crippen LogP contribution in [0.4, 0.5) is 0 Å². The summed E-state index contributed by atoms with van der Waals surface area (Å²) in [5.74, 6) is -0.936. The van der Waals surface area contributed by atoms with E-state index in [1.807, 2.05) is 31.2 Å². The summed E-state index contributed by atoms with van der Waals surface area (Å²) < 4.78 is 0. The molecule has 2 aromatic rings. The van der Waals surface area contributed by atoms with Gasteiger partial charge in [-0.1, -0.05) is 53.6 Å². The van der Waals surface area contributed by atoms with Crippen molar-refractivity contribution in [2.75, 3.05) is 5.75 Å². The highest BCUT2D eigenvalue weighted by Gasteiger charge is 2.19. The van der Waals surface area contributed by atoms with Crippen molar-refractivity contribution in [2.45, 2.75) is 18.6 Å². The molecule has 0 aliphatic rings. The lowest BCUT2D eigenvalue weighted by Gasteiger charge is -2.16. The molecule has 0 saturated heterocycles. The van der Waals surface area contributed by atoms with Gasteiger partial charge in [0.05, 0.1) is 5.75 Å². The van der Waals surface area contributed by atoms with E-state index in [-0.39, 0.29) is 23.2 Å². The second-order valence-electron chi connectivity index (χ2n) is 5.24. The van der Waals surface area contributed by atoms with Crippen molar-refractivity contribution in [2.24, 2.45) is 0 Å². The Morgan fingerprint density at radius 3 is 2.26 bits per heavy atom. The van der Waals surface area contributed by atoms with E-state index in [1.54, 1.807) is 24.3 Å². The Balaban J connectivity index is 2.16. The molecule has 0 fully saturated rings. The molecule has 0 amide bonds. The lowest BCUT2D eigenvalue weighted by atomic mass is 10.0. The van der Waals surface area contributed by atoms with Crippen LogP contribution in [0, 0.1) is 6.92 Å². The molecule has 0 heterocycles. The number of hydrogen-bond donors (Lipinski definition) is 1. The van der Waals surface area contributed by atoms with Crippen molar-refractivity contribution in [1.29, 1.82) is 0 Å². The fraction of sp³-hybridized carbons (Fsp3) is 0.222. The molecular formula is C18H17ClO3S. The van der Waals surface area contributed by atoms with Gasteiger partial charge < -0.3 is 5.11 Å².